The first-order chi connectivity index (χ1) is 19.0. The largest absolute Gasteiger partial charge is 0.493 e. The molecule has 1 saturated heterocycles. The number of urea groups is 1. The van der Waals surface area contributed by atoms with E-state index in [9.17, 15) is 18.0 Å². The van der Waals surface area contributed by atoms with Crippen molar-refractivity contribution in [3.63, 3.8) is 0 Å². The molecule has 2 aromatic rings. The maximum absolute atomic E-state index is 12.7. The normalized spacial score (nSPS) is 23.4. The van der Waals surface area contributed by atoms with Crippen LogP contribution in [0.25, 0.3) is 0 Å². The highest BCUT2D eigenvalue weighted by Crippen LogP contribution is 2.50. The molecule has 3 aliphatic rings. The molecule has 2 aliphatic heterocycles. The van der Waals surface area contributed by atoms with Gasteiger partial charge >= 0.3 is 18.2 Å². The average Bonchev–Trinajstić information content (AvgIpc) is 3.52. The number of alkyl halides is 3. The number of anilines is 1. The molecule has 10 nitrogen and oxygen atoms in total. The molecule has 218 valence electrons. The van der Waals surface area contributed by atoms with Gasteiger partial charge in [0.15, 0.2) is 23.0 Å². The minimum Gasteiger partial charge on any atom is -0.493 e. The van der Waals surface area contributed by atoms with E-state index in [0.29, 0.717) is 23.2 Å². The van der Waals surface area contributed by atoms with Crippen LogP contribution in [0.4, 0.5) is 23.7 Å². The number of methoxy groups -OCH3 is 2. The second-order valence-corrected chi connectivity index (χ2v) is 9.91. The average molecular weight is 568 g/mol. The van der Waals surface area contributed by atoms with E-state index in [2.05, 4.69) is 34.7 Å². The van der Waals surface area contributed by atoms with E-state index in [-0.39, 0.29) is 24.3 Å². The molecule has 3 atom stereocenters. The first-order valence-corrected chi connectivity index (χ1v) is 12.7. The van der Waals surface area contributed by atoms with Gasteiger partial charge in [0.1, 0.15) is 0 Å². The number of nitrogens with one attached hydrogen (secondary N) is 2. The maximum Gasteiger partial charge on any atom is 0.490 e. The van der Waals surface area contributed by atoms with Crippen LogP contribution in [0.1, 0.15) is 31.2 Å². The van der Waals surface area contributed by atoms with Gasteiger partial charge in [-0.2, -0.15) is 13.2 Å². The van der Waals surface area contributed by atoms with Crippen molar-refractivity contribution >= 4 is 17.7 Å². The Labute approximate surface area is 229 Å². The molecule has 2 fully saturated rings. The van der Waals surface area contributed by atoms with Crippen molar-refractivity contribution < 1.29 is 46.8 Å². The van der Waals surface area contributed by atoms with Gasteiger partial charge in [-0.25, -0.2) is 9.59 Å². The number of likely N-dealkylation sites (N-methyl/N-ethyl adjacent to an activating group) is 1. The number of carboxylic acids is 1. The number of rotatable bonds is 5. The molecule has 2 amide bonds. The van der Waals surface area contributed by atoms with Gasteiger partial charge in [0.2, 0.25) is 6.79 Å². The highest BCUT2D eigenvalue weighted by atomic mass is 19.4. The third-order valence-electron chi connectivity index (χ3n) is 7.69. The van der Waals surface area contributed by atoms with Crippen molar-refractivity contribution in [1.29, 1.82) is 0 Å². The summed E-state index contributed by atoms with van der Waals surface area (Å²) in [6, 6.07) is 12.0. The summed E-state index contributed by atoms with van der Waals surface area (Å²) in [5, 5.41) is 13.2. The quantitative estimate of drug-likeness (QED) is 0.487. The van der Waals surface area contributed by atoms with Gasteiger partial charge in [-0.1, -0.05) is 6.07 Å². The number of likely N-dealkylation sites (tertiary alicyclic amines) is 1. The van der Waals surface area contributed by atoms with E-state index in [0.717, 1.165) is 43.7 Å². The summed E-state index contributed by atoms with van der Waals surface area (Å²) in [6.45, 7) is 1.25. The topological polar surface area (TPSA) is 119 Å². The maximum atomic E-state index is 12.7. The highest BCUT2D eigenvalue weighted by Gasteiger charge is 2.50. The van der Waals surface area contributed by atoms with Crippen LogP contribution in [-0.2, 0) is 10.2 Å². The number of fused-ring (bicyclic) bond motifs is 2. The molecule has 5 rings (SSSR count). The molecule has 0 aromatic heterocycles. The van der Waals surface area contributed by atoms with Crippen LogP contribution in [0.3, 0.4) is 0 Å². The molecule has 2 heterocycles. The van der Waals surface area contributed by atoms with Gasteiger partial charge in [0.25, 0.3) is 0 Å². The Kier molecular flexibility index (Phi) is 8.52. The molecular formula is C27H32F3N3O7. The van der Waals surface area contributed by atoms with Crippen LogP contribution in [0.2, 0.25) is 0 Å². The van der Waals surface area contributed by atoms with E-state index in [1.54, 1.807) is 20.3 Å². The van der Waals surface area contributed by atoms with Crippen molar-refractivity contribution in [3.05, 3.63) is 42.0 Å². The fourth-order valence-electron chi connectivity index (χ4n) is 5.72. The predicted molar refractivity (Wildman–Crippen MR) is 138 cm³/mol. The summed E-state index contributed by atoms with van der Waals surface area (Å²) >= 11 is 0. The van der Waals surface area contributed by atoms with Crippen molar-refractivity contribution in [2.75, 3.05) is 39.9 Å². The standard InChI is InChI=1S/C25H31N3O5.C2HF3O2/c1-28-11-10-25(16-4-6-19(30-2)21(12-16)31-3)9-8-18(14-23(25)28)27-24(29)26-17-5-7-20-22(13-17)33-15-32-20;3-2(4,5)1(6)7/h4-7,12-13,18,23H,8-11,14-15H2,1-3H3,(H2,26,27,29);(H,6,7). The summed E-state index contributed by atoms with van der Waals surface area (Å²) < 4.78 is 53.5. The summed E-state index contributed by atoms with van der Waals surface area (Å²) in [6.07, 6.45) is -1.15. The number of hydrogen-bond acceptors (Lipinski definition) is 7. The summed E-state index contributed by atoms with van der Waals surface area (Å²) in [7, 11) is 5.52. The minimum absolute atomic E-state index is 0.0558. The summed E-state index contributed by atoms with van der Waals surface area (Å²) in [4.78, 5) is 24.0. The van der Waals surface area contributed by atoms with Crippen molar-refractivity contribution in [3.8, 4) is 23.0 Å². The number of benzene rings is 2. The number of amides is 2. The number of carbonyl (C=O) groups excluding carboxylic acids is 1. The zero-order valence-corrected chi connectivity index (χ0v) is 22.3. The molecule has 2 aromatic carbocycles. The zero-order chi connectivity index (χ0) is 29.1. The Morgan fingerprint density at radius 1 is 1.05 bits per heavy atom. The zero-order valence-electron chi connectivity index (χ0n) is 22.3. The first-order valence-electron chi connectivity index (χ1n) is 12.7. The third kappa shape index (κ3) is 6.14. The number of aliphatic carboxylic acids is 1. The Morgan fingerprint density at radius 2 is 1.75 bits per heavy atom. The lowest BCUT2D eigenvalue weighted by atomic mass is 9.65. The minimum atomic E-state index is -5.08. The first kappa shape index (κ1) is 29.1. The van der Waals surface area contributed by atoms with Crippen LogP contribution >= 0.6 is 0 Å². The molecule has 1 saturated carbocycles. The molecule has 3 unspecified atom stereocenters. The molecule has 0 radical (unpaired) electrons. The monoisotopic (exact) mass is 567 g/mol. The second-order valence-electron chi connectivity index (χ2n) is 9.91. The Morgan fingerprint density at radius 3 is 2.42 bits per heavy atom. The highest BCUT2D eigenvalue weighted by molar-refractivity contribution is 5.90. The summed E-state index contributed by atoms with van der Waals surface area (Å²) in [5.74, 6) is 0.103. The van der Waals surface area contributed by atoms with E-state index in [1.807, 2.05) is 18.2 Å². The van der Waals surface area contributed by atoms with Gasteiger partial charge in [-0.05, 0) is 69.1 Å². The van der Waals surface area contributed by atoms with Gasteiger partial charge < -0.3 is 39.6 Å². The van der Waals surface area contributed by atoms with Gasteiger partial charge in [0, 0.05) is 29.3 Å². The van der Waals surface area contributed by atoms with E-state index >= 15 is 0 Å². The third-order valence-corrected chi connectivity index (χ3v) is 7.69. The van der Waals surface area contributed by atoms with Crippen molar-refractivity contribution in [2.24, 2.45) is 0 Å². The Hall–Kier alpha value is -3.87. The van der Waals surface area contributed by atoms with Gasteiger partial charge in [-0.15, -0.1) is 0 Å². The molecule has 0 spiro atoms. The Bertz CT molecular complexity index is 1240. The van der Waals surface area contributed by atoms with Crippen LogP contribution < -0.4 is 29.6 Å². The molecule has 40 heavy (non-hydrogen) atoms. The Balaban J connectivity index is 0.000000470. The van der Waals surface area contributed by atoms with Crippen LogP contribution in [-0.4, -0.2) is 74.9 Å². The van der Waals surface area contributed by atoms with Gasteiger partial charge in [-0.3, -0.25) is 0 Å². The molecule has 13 heteroatoms. The number of carboxylic acid groups (broad SMARTS) is 1. The molecular weight excluding hydrogens is 535 g/mol. The predicted octanol–water partition coefficient (Wildman–Crippen LogP) is 4.38. The lowest BCUT2D eigenvalue weighted by Gasteiger charge is -2.45. The number of carbonyl (C=O) groups is 2. The van der Waals surface area contributed by atoms with Crippen LogP contribution in [0, 0.1) is 0 Å². The number of ether oxygens (including phenoxy) is 4. The van der Waals surface area contributed by atoms with Crippen LogP contribution in [0.15, 0.2) is 36.4 Å². The second kappa shape index (κ2) is 11.7. The molecule has 3 N–H and O–H groups in total. The molecule has 1 aliphatic carbocycles. The van der Waals surface area contributed by atoms with E-state index < -0.39 is 12.1 Å². The smallest absolute Gasteiger partial charge is 0.490 e. The van der Waals surface area contributed by atoms with Crippen molar-refractivity contribution in [2.45, 2.75) is 49.4 Å². The van der Waals surface area contributed by atoms with E-state index in [1.165, 1.54) is 5.56 Å². The molecule has 0 bridgehead atoms. The van der Waals surface area contributed by atoms with Gasteiger partial charge in [0.05, 0.1) is 14.2 Å². The van der Waals surface area contributed by atoms with Crippen molar-refractivity contribution in [1.82, 2.24) is 10.2 Å². The number of nitrogens with zero attached hydrogens (tertiary/aromatic N) is 1. The number of halogens is 3. The lowest BCUT2D eigenvalue weighted by molar-refractivity contribution is -0.192. The number of hydrogen-bond donors (Lipinski definition) is 3. The lowest BCUT2D eigenvalue weighted by Crippen LogP contribution is -2.52. The summed E-state index contributed by atoms with van der Waals surface area (Å²) in [5.41, 5.74) is 2.03. The fourth-order valence-corrected chi connectivity index (χ4v) is 5.72. The SMILES string of the molecule is COc1ccc(C23CCC(NC(=O)Nc4ccc5c(c4)OCO5)CC2N(C)CC3)cc1OC.O=C(O)C(F)(F)F. The van der Waals surface area contributed by atoms with E-state index in [4.69, 9.17) is 28.8 Å². The van der Waals surface area contributed by atoms with Crippen LogP contribution in [0.5, 0.6) is 23.0 Å². The fraction of sp³-hybridized carbons (Fsp3) is 0.481.